The Morgan fingerprint density at radius 3 is 2.59 bits per heavy atom. The zero-order chi connectivity index (χ0) is 15.8. The van der Waals surface area contributed by atoms with Gasteiger partial charge < -0.3 is 10.6 Å². The number of carbonyl (C=O) groups is 1. The number of nitrogens with two attached hydrogens (primary N) is 1. The van der Waals surface area contributed by atoms with Gasteiger partial charge in [-0.15, -0.1) is 12.4 Å². The molecule has 0 aliphatic carbocycles. The average Bonchev–Trinajstić information content (AvgIpc) is 2.67. The van der Waals surface area contributed by atoms with Crippen LogP contribution < -0.4 is 5.73 Å². The van der Waals surface area contributed by atoms with Crippen LogP contribution in [-0.4, -0.2) is 39.7 Å². The summed E-state index contributed by atoms with van der Waals surface area (Å²) in [5.74, 6) is 0.104. The molecule has 1 aliphatic heterocycles. The maximum absolute atomic E-state index is 12.9. The first-order chi connectivity index (χ1) is 9.77. The largest absolute Gasteiger partial charge is 0.338 e. The number of aromatic nitrogens is 2. The van der Waals surface area contributed by atoms with Crippen LogP contribution in [-0.2, 0) is 6.54 Å². The first kappa shape index (κ1) is 19.0. The maximum atomic E-state index is 12.9. The monoisotopic (exact) mass is 328 g/mol. The molecule has 1 aliphatic rings. The van der Waals surface area contributed by atoms with Gasteiger partial charge in [0.2, 0.25) is 0 Å². The minimum Gasteiger partial charge on any atom is -0.338 e. The van der Waals surface area contributed by atoms with Crippen LogP contribution in [0.2, 0.25) is 0 Å². The second kappa shape index (κ2) is 7.01. The van der Waals surface area contributed by atoms with Gasteiger partial charge in [0.25, 0.3) is 5.91 Å². The van der Waals surface area contributed by atoms with Gasteiger partial charge in [-0.1, -0.05) is 20.8 Å². The molecule has 5 nitrogen and oxygen atoms in total. The Labute approximate surface area is 139 Å². The molecule has 0 spiro atoms. The van der Waals surface area contributed by atoms with Crippen molar-refractivity contribution in [1.82, 2.24) is 14.7 Å². The fourth-order valence-electron chi connectivity index (χ4n) is 3.14. The van der Waals surface area contributed by atoms with Gasteiger partial charge in [0.15, 0.2) is 0 Å². The lowest BCUT2D eigenvalue weighted by Gasteiger charge is -2.42. The summed E-state index contributed by atoms with van der Waals surface area (Å²) in [4.78, 5) is 14.8. The highest BCUT2D eigenvalue weighted by atomic mass is 35.5. The highest BCUT2D eigenvalue weighted by Gasteiger charge is 2.36. The molecule has 0 saturated carbocycles. The molecule has 2 N–H and O–H groups in total. The van der Waals surface area contributed by atoms with E-state index in [1.807, 2.05) is 23.4 Å². The van der Waals surface area contributed by atoms with E-state index < -0.39 is 0 Å². The molecule has 0 bridgehead atoms. The average molecular weight is 329 g/mol. The second-order valence-corrected chi connectivity index (χ2v) is 6.88. The number of amides is 1. The summed E-state index contributed by atoms with van der Waals surface area (Å²) in [6.45, 7) is 12.6. The fourth-order valence-corrected chi connectivity index (χ4v) is 3.14. The maximum Gasteiger partial charge on any atom is 0.257 e. The van der Waals surface area contributed by atoms with Crippen molar-refractivity contribution in [2.75, 3.05) is 13.1 Å². The molecule has 0 aromatic carbocycles. The molecule has 0 radical (unpaired) electrons. The molecule has 1 unspecified atom stereocenters. The van der Waals surface area contributed by atoms with Crippen LogP contribution in [0.1, 0.15) is 55.4 Å². The fraction of sp³-hybridized carbons (Fsp3) is 0.750. The minimum atomic E-state index is -0.0326. The Hall–Kier alpha value is -1.07. The summed E-state index contributed by atoms with van der Waals surface area (Å²) in [6, 6.07) is 0.159. The molecule has 2 heterocycles. The van der Waals surface area contributed by atoms with Gasteiger partial charge in [0.1, 0.15) is 0 Å². The molecule has 1 aromatic heterocycles. The highest BCUT2D eigenvalue weighted by molar-refractivity contribution is 5.96. The molecular formula is C16H29ClN4O. The number of rotatable bonds is 3. The molecule has 6 heteroatoms. The van der Waals surface area contributed by atoms with E-state index in [2.05, 4.69) is 25.9 Å². The van der Waals surface area contributed by atoms with Gasteiger partial charge in [-0.25, -0.2) is 0 Å². The third-order valence-corrected chi connectivity index (χ3v) is 4.63. The van der Waals surface area contributed by atoms with Crippen molar-refractivity contribution < 1.29 is 4.79 Å². The first-order valence-electron chi connectivity index (χ1n) is 7.86. The number of hydrogen-bond acceptors (Lipinski definition) is 3. The van der Waals surface area contributed by atoms with Crippen LogP contribution >= 0.6 is 12.4 Å². The molecule has 22 heavy (non-hydrogen) atoms. The molecule has 1 fully saturated rings. The van der Waals surface area contributed by atoms with E-state index in [1.165, 1.54) is 0 Å². The quantitative estimate of drug-likeness (QED) is 0.927. The summed E-state index contributed by atoms with van der Waals surface area (Å²) in [6.07, 6.45) is 1.88. The lowest BCUT2D eigenvalue weighted by molar-refractivity contribution is 0.0531. The van der Waals surface area contributed by atoms with E-state index in [4.69, 9.17) is 5.73 Å². The number of hydrogen-bond donors (Lipinski definition) is 1. The van der Waals surface area contributed by atoms with E-state index in [-0.39, 0.29) is 29.8 Å². The standard InChI is InChI=1S/C16H28N4O.ClH/c1-6-8-20-12(3)14(11(2)18-20)15(21)19-9-7-13(17)16(4,5)10-19;/h13H,6-10,17H2,1-5H3;1H. The van der Waals surface area contributed by atoms with Gasteiger partial charge >= 0.3 is 0 Å². The van der Waals surface area contributed by atoms with Crippen LogP contribution in [0, 0.1) is 19.3 Å². The van der Waals surface area contributed by atoms with E-state index in [0.29, 0.717) is 6.54 Å². The number of likely N-dealkylation sites (tertiary alicyclic amines) is 1. The van der Waals surface area contributed by atoms with Gasteiger partial charge in [0.05, 0.1) is 11.3 Å². The van der Waals surface area contributed by atoms with Crippen molar-refractivity contribution in [2.24, 2.45) is 11.1 Å². The van der Waals surface area contributed by atoms with Crippen molar-refractivity contribution >= 4 is 18.3 Å². The van der Waals surface area contributed by atoms with E-state index in [0.717, 1.165) is 42.9 Å². The van der Waals surface area contributed by atoms with Gasteiger partial charge in [0, 0.05) is 31.4 Å². The molecule has 1 aromatic rings. The van der Waals surface area contributed by atoms with Crippen LogP contribution in [0.5, 0.6) is 0 Å². The molecule has 1 saturated heterocycles. The third kappa shape index (κ3) is 3.46. The second-order valence-electron chi connectivity index (χ2n) is 6.88. The summed E-state index contributed by atoms with van der Waals surface area (Å²) in [5.41, 5.74) is 8.71. The van der Waals surface area contributed by atoms with Crippen molar-refractivity contribution in [3.05, 3.63) is 17.0 Å². The van der Waals surface area contributed by atoms with Crippen LogP contribution in [0.3, 0.4) is 0 Å². The van der Waals surface area contributed by atoms with Crippen molar-refractivity contribution in [1.29, 1.82) is 0 Å². The zero-order valence-electron chi connectivity index (χ0n) is 14.3. The number of nitrogens with zero attached hydrogens (tertiary/aromatic N) is 3. The molecule has 2 rings (SSSR count). The number of halogens is 1. The van der Waals surface area contributed by atoms with Gasteiger partial charge in [-0.2, -0.15) is 5.10 Å². The van der Waals surface area contributed by atoms with Crippen LogP contribution in [0.4, 0.5) is 0 Å². The summed E-state index contributed by atoms with van der Waals surface area (Å²) in [7, 11) is 0. The normalized spacial score (nSPS) is 20.6. The van der Waals surface area contributed by atoms with E-state index >= 15 is 0 Å². The topological polar surface area (TPSA) is 64.2 Å². The van der Waals surface area contributed by atoms with E-state index in [1.54, 1.807) is 0 Å². The van der Waals surface area contributed by atoms with Gasteiger partial charge in [-0.05, 0) is 32.1 Å². The summed E-state index contributed by atoms with van der Waals surface area (Å²) >= 11 is 0. The highest BCUT2D eigenvalue weighted by Crippen LogP contribution is 2.29. The van der Waals surface area contributed by atoms with Crippen molar-refractivity contribution in [3.8, 4) is 0 Å². The predicted molar refractivity (Wildman–Crippen MR) is 91.5 cm³/mol. The third-order valence-electron chi connectivity index (χ3n) is 4.63. The molecule has 126 valence electrons. The first-order valence-corrected chi connectivity index (χ1v) is 7.86. The number of carbonyl (C=O) groups excluding carboxylic acids is 1. The van der Waals surface area contributed by atoms with E-state index in [9.17, 15) is 4.79 Å². The Balaban J connectivity index is 0.00000242. The summed E-state index contributed by atoms with van der Waals surface area (Å²) in [5, 5.41) is 4.51. The smallest absolute Gasteiger partial charge is 0.257 e. The minimum absolute atomic E-state index is 0. The van der Waals surface area contributed by atoms with Crippen LogP contribution in [0.25, 0.3) is 0 Å². The predicted octanol–water partition coefficient (Wildman–Crippen LogP) is 2.53. The van der Waals surface area contributed by atoms with Crippen molar-refractivity contribution in [2.45, 2.75) is 60.0 Å². The lowest BCUT2D eigenvalue weighted by atomic mass is 9.79. The zero-order valence-corrected chi connectivity index (χ0v) is 15.2. The Kier molecular flexibility index (Phi) is 6.04. The molecular weight excluding hydrogens is 300 g/mol. The number of piperidine rings is 1. The van der Waals surface area contributed by atoms with Gasteiger partial charge in [-0.3, -0.25) is 9.48 Å². The Morgan fingerprint density at radius 1 is 1.41 bits per heavy atom. The lowest BCUT2D eigenvalue weighted by Crippen LogP contribution is -2.54. The summed E-state index contributed by atoms with van der Waals surface area (Å²) < 4.78 is 1.95. The van der Waals surface area contributed by atoms with Crippen LogP contribution in [0.15, 0.2) is 0 Å². The number of aryl methyl sites for hydroxylation is 2. The SMILES string of the molecule is CCCn1nc(C)c(C(=O)N2CCC(N)C(C)(C)C2)c1C.Cl. The Morgan fingerprint density at radius 2 is 2.05 bits per heavy atom. The molecule has 1 atom stereocenters. The Bertz CT molecular complexity index is 538. The molecule has 1 amide bonds. The van der Waals surface area contributed by atoms with Crippen molar-refractivity contribution in [3.63, 3.8) is 0 Å².